The number of ether oxygens (including phenoxy) is 2. The van der Waals surface area contributed by atoms with Crippen LogP contribution < -0.4 is 14.8 Å². The van der Waals surface area contributed by atoms with Crippen LogP contribution in [0.4, 0.5) is 0 Å². The molecule has 0 aliphatic carbocycles. The van der Waals surface area contributed by atoms with Gasteiger partial charge in [-0.2, -0.15) is 0 Å². The fourth-order valence-electron chi connectivity index (χ4n) is 2.95. The Balaban J connectivity index is 1.82. The molecule has 2 aromatic rings. The zero-order valence-corrected chi connectivity index (χ0v) is 17.3. The van der Waals surface area contributed by atoms with E-state index < -0.39 is 6.10 Å². The minimum Gasteiger partial charge on any atom is -0.491 e. The fourth-order valence-corrected chi connectivity index (χ4v) is 2.95. The minimum atomic E-state index is -0.562. The summed E-state index contributed by atoms with van der Waals surface area (Å²) in [5.41, 5.74) is 3.39. The largest absolute Gasteiger partial charge is 0.491 e. The first-order valence-corrected chi connectivity index (χ1v) is 9.42. The number of carbonyl (C=O) groups excluding carboxylic acids is 1. The molecule has 0 radical (unpaired) electrons. The third kappa shape index (κ3) is 6.31. The van der Waals surface area contributed by atoms with Crippen molar-refractivity contribution in [3.05, 3.63) is 59.2 Å². The van der Waals surface area contributed by atoms with E-state index in [9.17, 15) is 4.79 Å². The average Bonchev–Trinajstić information content (AvgIpc) is 2.57. The van der Waals surface area contributed by atoms with Crippen LogP contribution in [0.1, 0.15) is 44.4 Å². The molecule has 27 heavy (non-hydrogen) atoms. The van der Waals surface area contributed by atoms with Crippen LogP contribution in [-0.4, -0.2) is 25.2 Å². The second-order valence-corrected chi connectivity index (χ2v) is 7.97. The summed E-state index contributed by atoms with van der Waals surface area (Å²) >= 11 is 0. The Bertz CT molecular complexity index is 757. The average molecular weight is 370 g/mol. The smallest absolute Gasteiger partial charge is 0.260 e. The number of nitrogens with one attached hydrogen (secondary N) is 1. The van der Waals surface area contributed by atoms with Crippen molar-refractivity contribution in [2.24, 2.45) is 0 Å². The van der Waals surface area contributed by atoms with Gasteiger partial charge in [-0.3, -0.25) is 4.79 Å². The van der Waals surface area contributed by atoms with Crippen LogP contribution in [0.25, 0.3) is 0 Å². The lowest BCUT2D eigenvalue weighted by Gasteiger charge is -2.22. The number of para-hydroxylation sites is 1. The van der Waals surface area contributed by atoms with E-state index in [0.717, 1.165) is 22.4 Å². The molecule has 0 aromatic heterocycles. The summed E-state index contributed by atoms with van der Waals surface area (Å²) in [7, 11) is 0. The van der Waals surface area contributed by atoms with Gasteiger partial charge in [0.1, 0.15) is 18.1 Å². The third-order valence-electron chi connectivity index (χ3n) is 4.23. The van der Waals surface area contributed by atoms with Gasteiger partial charge in [0.25, 0.3) is 5.91 Å². The third-order valence-corrected chi connectivity index (χ3v) is 4.23. The van der Waals surface area contributed by atoms with E-state index in [0.29, 0.717) is 18.9 Å². The molecule has 4 nitrogen and oxygen atoms in total. The Labute approximate surface area is 162 Å². The van der Waals surface area contributed by atoms with Gasteiger partial charge < -0.3 is 14.8 Å². The highest BCUT2D eigenvalue weighted by Gasteiger charge is 2.18. The van der Waals surface area contributed by atoms with Crippen LogP contribution in [0.2, 0.25) is 0 Å². The molecule has 0 aliphatic rings. The topological polar surface area (TPSA) is 47.6 Å². The summed E-state index contributed by atoms with van der Waals surface area (Å²) in [6.07, 6.45) is -0.562. The molecule has 1 amide bonds. The van der Waals surface area contributed by atoms with Crippen molar-refractivity contribution in [1.29, 1.82) is 0 Å². The Morgan fingerprint density at radius 1 is 1.07 bits per heavy atom. The van der Waals surface area contributed by atoms with Crippen LogP contribution in [0, 0.1) is 13.8 Å². The molecule has 0 spiro atoms. The number of benzene rings is 2. The van der Waals surface area contributed by atoms with E-state index in [1.54, 1.807) is 6.92 Å². The molecule has 146 valence electrons. The number of carbonyl (C=O) groups is 1. The Morgan fingerprint density at radius 3 is 2.33 bits per heavy atom. The first kappa shape index (κ1) is 20.8. The van der Waals surface area contributed by atoms with Crippen LogP contribution in [-0.2, 0) is 10.2 Å². The van der Waals surface area contributed by atoms with E-state index in [4.69, 9.17) is 9.47 Å². The predicted octanol–water partition coefficient (Wildman–Crippen LogP) is 4.56. The maximum absolute atomic E-state index is 12.3. The molecule has 0 unspecified atom stereocenters. The van der Waals surface area contributed by atoms with Gasteiger partial charge in [0.15, 0.2) is 6.10 Å². The first-order valence-electron chi connectivity index (χ1n) is 9.42. The van der Waals surface area contributed by atoms with E-state index in [-0.39, 0.29) is 11.3 Å². The van der Waals surface area contributed by atoms with Gasteiger partial charge >= 0.3 is 0 Å². The van der Waals surface area contributed by atoms with Gasteiger partial charge in [0.05, 0.1) is 6.54 Å². The maximum Gasteiger partial charge on any atom is 0.260 e. The number of rotatable bonds is 7. The number of hydrogen-bond donors (Lipinski definition) is 1. The Hall–Kier alpha value is -2.49. The molecule has 1 N–H and O–H groups in total. The van der Waals surface area contributed by atoms with Crippen molar-refractivity contribution in [1.82, 2.24) is 5.32 Å². The highest BCUT2D eigenvalue weighted by molar-refractivity contribution is 5.80. The van der Waals surface area contributed by atoms with Crippen molar-refractivity contribution in [3.8, 4) is 11.5 Å². The summed E-state index contributed by atoms with van der Waals surface area (Å²) in [6, 6.07) is 14.0. The van der Waals surface area contributed by atoms with Crippen molar-refractivity contribution in [2.45, 2.75) is 53.1 Å². The van der Waals surface area contributed by atoms with Crippen molar-refractivity contribution >= 4 is 5.91 Å². The van der Waals surface area contributed by atoms with Crippen LogP contribution in [0.3, 0.4) is 0 Å². The molecule has 0 heterocycles. The lowest BCUT2D eigenvalue weighted by atomic mass is 9.86. The van der Waals surface area contributed by atoms with Gasteiger partial charge in [-0.1, -0.05) is 45.0 Å². The summed E-state index contributed by atoms with van der Waals surface area (Å²) < 4.78 is 11.7. The van der Waals surface area contributed by atoms with E-state index >= 15 is 0 Å². The zero-order chi connectivity index (χ0) is 20.0. The second kappa shape index (κ2) is 8.94. The van der Waals surface area contributed by atoms with Gasteiger partial charge in [0, 0.05) is 0 Å². The number of hydrogen-bond acceptors (Lipinski definition) is 3. The molecule has 0 saturated carbocycles. The summed E-state index contributed by atoms with van der Waals surface area (Å²) in [6.45, 7) is 13.1. The molecule has 2 aromatic carbocycles. The molecule has 0 bridgehead atoms. The normalized spacial score (nSPS) is 12.4. The zero-order valence-electron chi connectivity index (χ0n) is 17.3. The molecule has 1 atom stereocenters. The number of aryl methyl sites for hydroxylation is 2. The Morgan fingerprint density at radius 2 is 1.70 bits per heavy atom. The quantitative estimate of drug-likeness (QED) is 0.728. The molecule has 4 heteroatoms. The predicted molar refractivity (Wildman–Crippen MR) is 110 cm³/mol. The summed E-state index contributed by atoms with van der Waals surface area (Å²) in [5, 5.41) is 2.87. The van der Waals surface area contributed by atoms with Gasteiger partial charge in [-0.05, 0) is 61.1 Å². The van der Waals surface area contributed by atoms with Crippen molar-refractivity contribution in [3.63, 3.8) is 0 Å². The lowest BCUT2D eigenvalue weighted by Crippen LogP contribution is -2.38. The SMILES string of the molecule is Cc1cc(C)cc(O[C@@H](C)C(=O)NCCOc2ccccc2C(C)(C)C)c1. The molecular formula is C23H31NO3. The second-order valence-electron chi connectivity index (χ2n) is 7.97. The molecule has 0 saturated heterocycles. The van der Waals surface area contributed by atoms with E-state index in [2.05, 4.69) is 38.2 Å². The fraction of sp³-hybridized carbons (Fsp3) is 0.435. The van der Waals surface area contributed by atoms with Crippen molar-refractivity contribution in [2.75, 3.05) is 13.2 Å². The highest BCUT2D eigenvalue weighted by atomic mass is 16.5. The van der Waals surface area contributed by atoms with Gasteiger partial charge in [0.2, 0.25) is 0 Å². The Kier molecular flexibility index (Phi) is 6.89. The van der Waals surface area contributed by atoms with Gasteiger partial charge in [-0.25, -0.2) is 0 Å². The molecule has 0 aliphatic heterocycles. The summed E-state index contributed by atoms with van der Waals surface area (Å²) in [4.78, 5) is 12.3. The van der Waals surface area contributed by atoms with Crippen LogP contribution >= 0.6 is 0 Å². The minimum absolute atomic E-state index is 0.00808. The van der Waals surface area contributed by atoms with Crippen LogP contribution in [0.5, 0.6) is 11.5 Å². The monoisotopic (exact) mass is 369 g/mol. The van der Waals surface area contributed by atoms with Crippen LogP contribution in [0.15, 0.2) is 42.5 Å². The van der Waals surface area contributed by atoms with Gasteiger partial charge in [-0.15, -0.1) is 0 Å². The lowest BCUT2D eigenvalue weighted by molar-refractivity contribution is -0.127. The maximum atomic E-state index is 12.3. The highest BCUT2D eigenvalue weighted by Crippen LogP contribution is 2.30. The van der Waals surface area contributed by atoms with E-state index in [1.807, 2.05) is 44.2 Å². The molecule has 0 fully saturated rings. The molecule has 2 rings (SSSR count). The standard InChI is InChI=1S/C23H31NO3/c1-16-13-17(2)15-19(14-16)27-18(3)22(25)24-11-12-26-21-10-8-7-9-20(21)23(4,5)6/h7-10,13-15,18H,11-12H2,1-6H3,(H,24,25)/t18-/m0/s1. The van der Waals surface area contributed by atoms with E-state index in [1.165, 1.54) is 0 Å². The number of amides is 1. The molecular weight excluding hydrogens is 338 g/mol. The van der Waals surface area contributed by atoms with Crippen molar-refractivity contribution < 1.29 is 14.3 Å². The summed E-state index contributed by atoms with van der Waals surface area (Å²) in [5.74, 6) is 1.42. The first-order chi connectivity index (χ1) is 12.7.